The number of carboxylic acids is 1. The third kappa shape index (κ3) is 3.98. The maximum atomic E-state index is 13.2. The number of rotatable bonds is 6. The summed E-state index contributed by atoms with van der Waals surface area (Å²) in [6.45, 7) is 1.07. The first-order valence-corrected chi connectivity index (χ1v) is 7.93. The van der Waals surface area contributed by atoms with Crippen molar-refractivity contribution in [3.05, 3.63) is 53.6 Å². The van der Waals surface area contributed by atoms with Gasteiger partial charge in [0.05, 0.1) is 17.9 Å². The van der Waals surface area contributed by atoms with Gasteiger partial charge in [0.25, 0.3) is 0 Å². The number of aromatic nitrogens is 2. The molecular formula is C17H20FN3O3. The van der Waals surface area contributed by atoms with E-state index in [2.05, 4.69) is 10.4 Å². The number of hydrogen-bond donors (Lipinski definition) is 3. The van der Waals surface area contributed by atoms with Gasteiger partial charge in [-0.05, 0) is 36.5 Å². The number of hydrogen-bond acceptors (Lipinski definition) is 4. The van der Waals surface area contributed by atoms with Crippen molar-refractivity contribution in [1.29, 1.82) is 0 Å². The molecule has 1 aromatic carbocycles. The van der Waals surface area contributed by atoms with Crippen LogP contribution in [0.3, 0.4) is 0 Å². The average Bonchev–Trinajstić information content (AvgIpc) is 3.13. The second-order valence-corrected chi connectivity index (χ2v) is 6.28. The van der Waals surface area contributed by atoms with E-state index in [9.17, 15) is 14.3 Å². The first-order valence-electron chi connectivity index (χ1n) is 7.93. The molecule has 1 saturated carbocycles. The van der Waals surface area contributed by atoms with E-state index in [0.29, 0.717) is 19.5 Å². The summed E-state index contributed by atoms with van der Waals surface area (Å²) in [5, 5.41) is 26.4. The van der Waals surface area contributed by atoms with Gasteiger partial charge < -0.3 is 15.5 Å². The van der Waals surface area contributed by atoms with E-state index in [1.54, 1.807) is 10.7 Å². The van der Waals surface area contributed by atoms with Gasteiger partial charge >= 0.3 is 5.97 Å². The fourth-order valence-electron chi connectivity index (χ4n) is 3.22. The van der Waals surface area contributed by atoms with Crippen LogP contribution in [0.15, 0.2) is 36.7 Å². The number of carboxylic acid groups (broad SMARTS) is 1. The molecule has 24 heavy (non-hydrogen) atoms. The lowest BCUT2D eigenvalue weighted by Crippen LogP contribution is -2.35. The quantitative estimate of drug-likeness (QED) is 0.748. The van der Waals surface area contributed by atoms with Crippen LogP contribution >= 0.6 is 0 Å². The molecule has 1 aromatic heterocycles. The average molecular weight is 333 g/mol. The zero-order valence-electron chi connectivity index (χ0n) is 13.1. The molecule has 1 fully saturated rings. The molecule has 128 valence electrons. The Kier molecular flexibility index (Phi) is 4.92. The Hall–Kier alpha value is -2.25. The Bertz CT molecular complexity index is 719. The van der Waals surface area contributed by atoms with E-state index in [1.165, 1.54) is 24.5 Å². The molecule has 6 nitrogen and oxygen atoms in total. The smallest absolute Gasteiger partial charge is 0.338 e. The van der Waals surface area contributed by atoms with Gasteiger partial charge in [-0.3, -0.25) is 4.68 Å². The number of aliphatic hydroxyl groups is 1. The molecule has 3 atom stereocenters. The maximum Gasteiger partial charge on any atom is 0.338 e. The van der Waals surface area contributed by atoms with E-state index in [-0.39, 0.29) is 23.3 Å². The fourth-order valence-corrected chi connectivity index (χ4v) is 3.22. The number of carbonyl (C=O) groups is 1. The van der Waals surface area contributed by atoms with Gasteiger partial charge in [0.1, 0.15) is 5.82 Å². The van der Waals surface area contributed by atoms with E-state index in [4.69, 9.17) is 5.11 Å². The van der Waals surface area contributed by atoms with Gasteiger partial charge in [0, 0.05) is 25.3 Å². The van der Waals surface area contributed by atoms with Crippen molar-refractivity contribution in [3.63, 3.8) is 0 Å². The summed E-state index contributed by atoms with van der Waals surface area (Å²) in [5.41, 5.74) is 0.998. The van der Waals surface area contributed by atoms with Crippen molar-refractivity contribution in [2.45, 2.75) is 38.1 Å². The Morgan fingerprint density at radius 1 is 1.42 bits per heavy atom. The number of aliphatic hydroxyl groups excluding tert-OH is 1. The molecule has 0 aliphatic heterocycles. The van der Waals surface area contributed by atoms with Gasteiger partial charge in [-0.1, -0.05) is 12.1 Å². The number of halogens is 1. The van der Waals surface area contributed by atoms with Crippen LogP contribution in [-0.4, -0.2) is 38.1 Å². The Labute approximate surface area is 138 Å². The highest BCUT2D eigenvalue weighted by Crippen LogP contribution is 2.27. The van der Waals surface area contributed by atoms with Gasteiger partial charge in [-0.25, -0.2) is 9.18 Å². The minimum Gasteiger partial charge on any atom is -0.478 e. The normalized spacial score (nSPS) is 23.5. The van der Waals surface area contributed by atoms with Crippen LogP contribution in [0.1, 0.15) is 28.8 Å². The van der Waals surface area contributed by atoms with E-state index in [1.807, 2.05) is 6.07 Å². The highest BCUT2D eigenvalue weighted by Gasteiger charge is 2.32. The third-order valence-electron chi connectivity index (χ3n) is 4.41. The van der Waals surface area contributed by atoms with Crippen molar-refractivity contribution in [3.8, 4) is 0 Å². The molecule has 0 bridgehead atoms. The van der Waals surface area contributed by atoms with Gasteiger partial charge in [0.2, 0.25) is 0 Å². The van der Waals surface area contributed by atoms with Crippen molar-refractivity contribution < 1.29 is 19.4 Å². The van der Waals surface area contributed by atoms with Crippen molar-refractivity contribution >= 4 is 5.97 Å². The maximum absolute atomic E-state index is 13.2. The van der Waals surface area contributed by atoms with Crippen molar-refractivity contribution in [2.24, 2.45) is 5.92 Å². The molecule has 2 aromatic rings. The van der Waals surface area contributed by atoms with Crippen LogP contribution in [0.2, 0.25) is 0 Å². The van der Waals surface area contributed by atoms with Crippen LogP contribution in [0.25, 0.3) is 0 Å². The van der Waals surface area contributed by atoms with Crippen LogP contribution in [-0.2, 0) is 13.1 Å². The SMILES string of the molecule is O=C(O)c1cnn(CC2C[C@@H](O)[C@H](NCc3cccc(F)c3)C2)c1. The fraction of sp³-hybridized carbons (Fsp3) is 0.412. The topological polar surface area (TPSA) is 87.4 Å². The van der Waals surface area contributed by atoms with Gasteiger partial charge in [-0.2, -0.15) is 5.10 Å². The van der Waals surface area contributed by atoms with E-state index < -0.39 is 12.1 Å². The van der Waals surface area contributed by atoms with Crippen molar-refractivity contribution in [2.75, 3.05) is 0 Å². The standard InChI is InChI=1S/C17H20FN3O3/c18-14-3-1-2-11(4-14)7-19-15-5-12(6-16(15)22)9-21-10-13(8-20-21)17(23)24/h1-4,8,10,12,15-16,19,22H,5-7,9H2,(H,23,24)/t12?,15-,16-/m1/s1. The lowest BCUT2D eigenvalue weighted by molar-refractivity contribution is 0.0696. The first-order chi connectivity index (χ1) is 11.5. The molecule has 1 aliphatic carbocycles. The Morgan fingerprint density at radius 3 is 2.96 bits per heavy atom. The molecule has 0 amide bonds. The minimum absolute atomic E-state index is 0.0622. The molecule has 1 heterocycles. The van der Waals surface area contributed by atoms with Crippen LogP contribution in [0.4, 0.5) is 4.39 Å². The Balaban J connectivity index is 1.53. The summed E-state index contributed by atoms with van der Waals surface area (Å²) in [7, 11) is 0. The van der Waals surface area contributed by atoms with E-state index >= 15 is 0 Å². The number of benzene rings is 1. The van der Waals surface area contributed by atoms with Gasteiger partial charge in [-0.15, -0.1) is 0 Å². The molecule has 0 radical (unpaired) electrons. The monoisotopic (exact) mass is 333 g/mol. The molecular weight excluding hydrogens is 313 g/mol. The first kappa shape index (κ1) is 16.6. The van der Waals surface area contributed by atoms with Crippen LogP contribution < -0.4 is 5.32 Å². The third-order valence-corrected chi connectivity index (χ3v) is 4.41. The summed E-state index contributed by atoms with van der Waals surface area (Å²) in [4.78, 5) is 10.9. The molecule has 0 spiro atoms. The largest absolute Gasteiger partial charge is 0.478 e. The molecule has 7 heteroatoms. The molecule has 0 saturated heterocycles. The minimum atomic E-state index is -0.998. The molecule has 3 rings (SSSR count). The summed E-state index contributed by atoms with van der Waals surface area (Å²) >= 11 is 0. The summed E-state index contributed by atoms with van der Waals surface area (Å²) < 4.78 is 14.8. The predicted molar refractivity (Wildman–Crippen MR) is 84.9 cm³/mol. The highest BCUT2D eigenvalue weighted by atomic mass is 19.1. The van der Waals surface area contributed by atoms with Gasteiger partial charge in [0.15, 0.2) is 0 Å². The summed E-state index contributed by atoms with van der Waals surface area (Å²) in [6, 6.07) is 6.32. The van der Waals surface area contributed by atoms with Crippen LogP contribution in [0.5, 0.6) is 0 Å². The number of nitrogens with zero attached hydrogens (tertiary/aromatic N) is 2. The Morgan fingerprint density at radius 2 is 2.25 bits per heavy atom. The molecule has 3 N–H and O–H groups in total. The summed E-state index contributed by atoms with van der Waals surface area (Å²) in [6.07, 6.45) is 3.75. The van der Waals surface area contributed by atoms with Crippen molar-refractivity contribution in [1.82, 2.24) is 15.1 Å². The highest BCUT2D eigenvalue weighted by molar-refractivity contribution is 5.86. The predicted octanol–water partition coefficient (Wildman–Crippen LogP) is 1.65. The zero-order valence-corrected chi connectivity index (χ0v) is 13.1. The second kappa shape index (κ2) is 7.11. The lowest BCUT2D eigenvalue weighted by atomic mass is 10.1. The molecule has 1 unspecified atom stereocenters. The van der Waals surface area contributed by atoms with E-state index in [0.717, 1.165) is 12.0 Å². The number of nitrogens with one attached hydrogen (secondary N) is 1. The lowest BCUT2D eigenvalue weighted by Gasteiger charge is -2.16. The summed E-state index contributed by atoms with van der Waals surface area (Å²) in [5.74, 6) is -1.05. The molecule has 1 aliphatic rings. The number of aromatic carboxylic acids is 1. The second-order valence-electron chi connectivity index (χ2n) is 6.28. The van der Waals surface area contributed by atoms with Crippen LogP contribution in [0, 0.1) is 11.7 Å². The zero-order chi connectivity index (χ0) is 17.1.